The lowest BCUT2D eigenvalue weighted by molar-refractivity contribution is -0.115. The topological polar surface area (TPSA) is 123 Å². The standard InChI is InChI=1S/C22H28N4O5S3/c1-22(2,3)17-12-23-19(31-17)14-32-20-13-24-21(33-20)26-18(27)11-15-6-5-7-16(10-15)30-9-8-25-34(4,28)29/h5-7,10,12-13,25H,8-9,11,14H2,1-4H3,(H,24,26,27). The van der Waals surface area contributed by atoms with E-state index in [1.54, 1.807) is 42.4 Å². The summed E-state index contributed by atoms with van der Waals surface area (Å²) < 4.78 is 36.8. The highest BCUT2D eigenvalue weighted by molar-refractivity contribution is 8.00. The van der Waals surface area contributed by atoms with Crippen molar-refractivity contribution in [1.82, 2.24) is 14.7 Å². The van der Waals surface area contributed by atoms with E-state index in [-0.39, 0.29) is 30.9 Å². The summed E-state index contributed by atoms with van der Waals surface area (Å²) in [5, 5.41) is 3.34. The molecule has 0 bridgehead atoms. The molecule has 0 spiro atoms. The first-order chi connectivity index (χ1) is 16.0. The number of thiazole rings is 1. The van der Waals surface area contributed by atoms with E-state index >= 15 is 0 Å². The van der Waals surface area contributed by atoms with Crippen LogP contribution in [0, 0.1) is 0 Å². The first kappa shape index (κ1) is 26.2. The average molecular weight is 525 g/mol. The number of carbonyl (C=O) groups is 1. The van der Waals surface area contributed by atoms with Crippen LogP contribution in [-0.4, -0.2) is 43.7 Å². The molecule has 184 valence electrons. The van der Waals surface area contributed by atoms with Crippen molar-refractivity contribution in [2.24, 2.45) is 0 Å². The second kappa shape index (κ2) is 11.3. The Morgan fingerprint density at radius 1 is 1.24 bits per heavy atom. The maximum Gasteiger partial charge on any atom is 0.230 e. The number of aromatic nitrogens is 2. The van der Waals surface area contributed by atoms with Gasteiger partial charge in [0.15, 0.2) is 5.13 Å². The van der Waals surface area contributed by atoms with Gasteiger partial charge in [-0.3, -0.25) is 4.79 Å². The zero-order valence-electron chi connectivity index (χ0n) is 19.5. The summed E-state index contributed by atoms with van der Waals surface area (Å²) in [5.41, 5.74) is 0.689. The average Bonchev–Trinajstić information content (AvgIpc) is 3.38. The summed E-state index contributed by atoms with van der Waals surface area (Å²) >= 11 is 2.94. The lowest BCUT2D eigenvalue weighted by Crippen LogP contribution is -2.26. The Bertz CT molecular complexity index is 1220. The molecule has 3 aromatic rings. The number of nitrogens with zero attached hydrogens (tertiary/aromatic N) is 2. The molecule has 1 amide bonds. The molecule has 0 radical (unpaired) electrons. The number of amides is 1. The number of oxazole rings is 1. The van der Waals surface area contributed by atoms with Gasteiger partial charge in [-0.15, -0.1) is 11.8 Å². The molecule has 34 heavy (non-hydrogen) atoms. The van der Waals surface area contributed by atoms with E-state index in [4.69, 9.17) is 9.15 Å². The SMILES string of the molecule is CC(C)(C)c1cnc(CSc2cnc(NC(=O)Cc3cccc(OCCNS(C)(=O)=O)c3)s2)o1. The number of carbonyl (C=O) groups excluding carboxylic acids is 1. The predicted molar refractivity (Wildman–Crippen MR) is 134 cm³/mol. The smallest absolute Gasteiger partial charge is 0.230 e. The molecule has 2 heterocycles. The Kier molecular flexibility index (Phi) is 8.74. The van der Waals surface area contributed by atoms with Gasteiger partial charge in [0, 0.05) is 12.0 Å². The van der Waals surface area contributed by atoms with Crippen LogP contribution in [0.2, 0.25) is 0 Å². The van der Waals surface area contributed by atoms with Crippen molar-refractivity contribution in [2.75, 3.05) is 24.7 Å². The number of anilines is 1. The second-order valence-corrected chi connectivity index (χ2v) is 12.7. The van der Waals surface area contributed by atoms with Gasteiger partial charge in [-0.25, -0.2) is 23.1 Å². The Morgan fingerprint density at radius 2 is 2.03 bits per heavy atom. The van der Waals surface area contributed by atoms with Crippen molar-refractivity contribution in [3.63, 3.8) is 0 Å². The molecular weight excluding hydrogens is 496 g/mol. The highest BCUT2D eigenvalue weighted by atomic mass is 32.2. The number of thioether (sulfide) groups is 1. The lowest BCUT2D eigenvalue weighted by atomic mass is 9.94. The number of rotatable bonds is 11. The van der Waals surface area contributed by atoms with Crippen LogP contribution in [-0.2, 0) is 32.4 Å². The second-order valence-electron chi connectivity index (χ2n) is 8.53. The third kappa shape index (κ3) is 8.75. The molecule has 0 atom stereocenters. The van der Waals surface area contributed by atoms with Crippen LogP contribution in [0.3, 0.4) is 0 Å². The van der Waals surface area contributed by atoms with Gasteiger partial charge in [-0.05, 0) is 17.7 Å². The fraction of sp³-hybridized carbons (Fsp3) is 0.409. The van der Waals surface area contributed by atoms with Gasteiger partial charge in [-0.1, -0.05) is 44.2 Å². The van der Waals surface area contributed by atoms with E-state index in [0.29, 0.717) is 22.5 Å². The van der Waals surface area contributed by atoms with Crippen LogP contribution in [0.5, 0.6) is 5.75 Å². The fourth-order valence-corrected chi connectivity index (χ4v) is 4.93. The van der Waals surface area contributed by atoms with E-state index in [9.17, 15) is 13.2 Å². The summed E-state index contributed by atoms with van der Waals surface area (Å²) in [4.78, 5) is 21.1. The number of hydrogen-bond acceptors (Lipinski definition) is 9. The number of ether oxygens (including phenoxy) is 1. The molecule has 0 aliphatic carbocycles. The van der Waals surface area contributed by atoms with Crippen LogP contribution >= 0.6 is 23.1 Å². The molecule has 0 saturated heterocycles. The summed E-state index contributed by atoms with van der Waals surface area (Å²) in [6, 6.07) is 7.12. The molecule has 0 saturated carbocycles. The minimum absolute atomic E-state index is 0.0844. The maximum absolute atomic E-state index is 12.5. The number of sulfonamides is 1. The van der Waals surface area contributed by atoms with Crippen LogP contribution in [0.15, 0.2) is 45.3 Å². The fourth-order valence-electron chi connectivity index (χ4n) is 2.73. The quantitative estimate of drug-likeness (QED) is 0.287. The van der Waals surface area contributed by atoms with Gasteiger partial charge in [0.2, 0.25) is 21.8 Å². The summed E-state index contributed by atoms with van der Waals surface area (Å²) in [7, 11) is -3.25. The van der Waals surface area contributed by atoms with Gasteiger partial charge >= 0.3 is 0 Å². The molecule has 1 aromatic carbocycles. The molecule has 0 fully saturated rings. The third-order valence-corrected chi connectivity index (χ3v) is 7.18. The number of hydrogen-bond donors (Lipinski definition) is 2. The molecule has 9 nitrogen and oxygen atoms in total. The van der Waals surface area contributed by atoms with Crippen molar-refractivity contribution >= 4 is 44.2 Å². The van der Waals surface area contributed by atoms with E-state index in [1.807, 2.05) is 6.07 Å². The van der Waals surface area contributed by atoms with Crippen LogP contribution in [0.1, 0.15) is 38.0 Å². The Morgan fingerprint density at radius 3 is 2.74 bits per heavy atom. The molecule has 3 rings (SSSR count). The Balaban J connectivity index is 1.46. The highest BCUT2D eigenvalue weighted by Gasteiger charge is 2.19. The van der Waals surface area contributed by atoms with Gasteiger partial charge in [0.1, 0.15) is 18.1 Å². The van der Waals surface area contributed by atoms with Gasteiger partial charge in [0.25, 0.3) is 0 Å². The minimum atomic E-state index is -3.25. The zero-order chi connectivity index (χ0) is 24.8. The lowest BCUT2D eigenvalue weighted by Gasteiger charge is -2.12. The predicted octanol–water partition coefficient (Wildman–Crippen LogP) is 3.83. The van der Waals surface area contributed by atoms with Gasteiger partial charge in [-0.2, -0.15) is 0 Å². The third-order valence-electron chi connectivity index (χ3n) is 4.36. The molecule has 0 aliphatic rings. The monoisotopic (exact) mass is 524 g/mol. The van der Waals surface area contributed by atoms with Crippen molar-refractivity contribution in [1.29, 1.82) is 0 Å². The molecule has 0 aliphatic heterocycles. The first-order valence-corrected chi connectivity index (χ1v) is 14.2. The van der Waals surface area contributed by atoms with Crippen LogP contribution < -0.4 is 14.8 Å². The summed E-state index contributed by atoms with van der Waals surface area (Å²) in [6.07, 6.45) is 4.74. The van der Waals surface area contributed by atoms with Crippen molar-refractivity contribution in [2.45, 2.75) is 42.6 Å². The molecule has 12 heteroatoms. The van der Waals surface area contributed by atoms with E-state index in [0.717, 1.165) is 21.8 Å². The Hall–Kier alpha value is -2.41. The summed E-state index contributed by atoms with van der Waals surface area (Å²) in [5.74, 6) is 2.46. The highest BCUT2D eigenvalue weighted by Crippen LogP contribution is 2.31. The largest absolute Gasteiger partial charge is 0.492 e. The van der Waals surface area contributed by atoms with Crippen molar-refractivity contribution in [3.05, 3.63) is 53.9 Å². The van der Waals surface area contributed by atoms with Crippen LogP contribution in [0.4, 0.5) is 5.13 Å². The zero-order valence-corrected chi connectivity index (χ0v) is 21.9. The van der Waals surface area contributed by atoms with E-state index < -0.39 is 10.0 Å². The van der Waals surface area contributed by atoms with Crippen LogP contribution in [0.25, 0.3) is 0 Å². The Labute approximate surface area is 207 Å². The maximum atomic E-state index is 12.5. The molecular formula is C22H28N4O5S3. The normalized spacial score (nSPS) is 12.0. The van der Waals surface area contributed by atoms with Gasteiger partial charge in [0.05, 0.1) is 35.0 Å². The first-order valence-electron chi connectivity index (χ1n) is 10.5. The van der Waals surface area contributed by atoms with E-state index in [2.05, 4.69) is 40.8 Å². The summed E-state index contributed by atoms with van der Waals surface area (Å²) in [6.45, 7) is 6.58. The van der Waals surface area contributed by atoms with Crippen molar-refractivity contribution in [3.8, 4) is 5.75 Å². The molecule has 2 N–H and O–H groups in total. The molecule has 0 unspecified atom stereocenters. The van der Waals surface area contributed by atoms with E-state index in [1.165, 1.54) is 11.3 Å². The number of nitrogens with one attached hydrogen (secondary N) is 2. The molecule has 2 aromatic heterocycles. The van der Waals surface area contributed by atoms with Crippen molar-refractivity contribution < 1.29 is 22.4 Å². The number of benzene rings is 1. The minimum Gasteiger partial charge on any atom is -0.492 e. The van der Waals surface area contributed by atoms with Gasteiger partial charge < -0.3 is 14.5 Å².